The average molecular weight is 377 g/mol. The topological polar surface area (TPSA) is 90.9 Å². The van der Waals surface area contributed by atoms with E-state index in [1.165, 1.54) is 0 Å². The Kier molecular flexibility index (Phi) is 7.64. The third-order valence-electron chi connectivity index (χ3n) is 4.67. The Morgan fingerprint density at radius 1 is 1.15 bits per heavy atom. The SMILES string of the molecule is CCOC(=O)C1CCC(=O)[C@@H]([C@H](Nc2ccc(OC)cc2)C(=O)OCC)C1. The van der Waals surface area contributed by atoms with Crippen LogP contribution in [0.1, 0.15) is 33.1 Å². The third-order valence-corrected chi connectivity index (χ3v) is 4.67. The molecule has 1 N–H and O–H groups in total. The van der Waals surface area contributed by atoms with Crippen LogP contribution >= 0.6 is 0 Å². The Labute approximate surface area is 159 Å². The highest BCUT2D eigenvalue weighted by molar-refractivity contribution is 5.92. The van der Waals surface area contributed by atoms with Crippen molar-refractivity contribution >= 4 is 23.4 Å². The van der Waals surface area contributed by atoms with Crippen LogP contribution in [-0.2, 0) is 23.9 Å². The molecule has 1 saturated carbocycles. The fraction of sp³-hybridized carbons (Fsp3) is 0.550. The maximum Gasteiger partial charge on any atom is 0.329 e. The van der Waals surface area contributed by atoms with Crippen LogP contribution in [0.5, 0.6) is 5.75 Å². The first-order chi connectivity index (χ1) is 13.0. The zero-order valence-electron chi connectivity index (χ0n) is 16.0. The second-order valence-electron chi connectivity index (χ2n) is 6.40. The van der Waals surface area contributed by atoms with Gasteiger partial charge in [0.2, 0.25) is 0 Å². The molecule has 0 amide bonds. The van der Waals surface area contributed by atoms with E-state index in [9.17, 15) is 14.4 Å². The average Bonchev–Trinajstić information content (AvgIpc) is 2.67. The van der Waals surface area contributed by atoms with Gasteiger partial charge < -0.3 is 19.5 Å². The number of carbonyl (C=O) groups is 3. The van der Waals surface area contributed by atoms with Crippen LogP contribution in [0, 0.1) is 11.8 Å². The standard InChI is InChI=1S/C20H27NO6/c1-4-26-19(23)13-6-11-17(22)16(12-13)18(20(24)27-5-2)21-14-7-9-15(25-3)10-8-14/h7-10,13,16,18,21H,4-6,11-12H2,1-3H3/t13?,16-,18-/m0/s1. The van der Waals surface area contributed by atoms with Crippen molar-refractivity contribution < 1.29 is 28.6 Å². The molecule has 0 saturated heterocycles. The van der Waals surface area contributed by atoms with Gasteiger partial charge in [-0.05, 0) is 51.0 Å². The van der Waals surface area contributed by atoms with Crippen LogP contribution in [0.15, 0.2) is 24.3 Å². The van der Waals surface area contributed by atoms with Crippen molar-refractivity contribution in [3.63, 3.8) is 0 Å². The van der Waals surface area contributed by atoms with E-state index in [2.05, 4.69) is 5.32 Å². The second kappa shape index (κ2) is 9.94. The number of methoxy groups -OCH3 is 1. The molecule has 2 rings (SSSR count). The van der Waals surface area contributed by atoms with Crippen molar-refractivity contribution in [3.8, 4) is 5.75 Å². The number of carbonyl (C=O) groups excluding carboxylic acids is 3. The number of benzene rings is 1. The summed E-state index contributed by atoms with van der Waals surface area (Å²) in [5.74, 6) is -1.21. The van der Waals surface area contributed by atoms with E-state index in [4.69, 9.17) is 14.2 Å². The van der Waals surface area contributed by atoms with E-state index in [0.717, 1.165) is 0 Å². The van der Waals surface area contributed by atoms with E-state index >= 15 is 0 Å². The maximum atomic E-state index is 12.5. The second-order valence-corrected chi connectivity index (χ2v) is 6.40. The predicted octanol–water partition coefficient (Wildman–Crippen LogP) is 2.59. The van der Waals surface area contributed by atoms with Gasteiger partial charge in [0.15, 0.2) is 0 Å². The van der Waals surface area contributed by atoms with Crippen molar-refractivity contribution in [3.05, 3.63) is 24.3 Å². The first kappa shape index (κ1) is 20.7. The van der Waals surface area contributed by atoms with E-state index in [0.29, 0.717) is 24.5 Å². The zero-order chi connectivity index (χ0) is 19.8. The molecule has 7 heteroatoms. The molecule has 0 aliphatic heterocycles. The highest BCUT2D eigenvalue weighted by Gasteiger charge is 2.41. The molecule has 0 bridgehead atoms. The summed E-state index contributed by atoms with van der Waals surface area (Å²) >= 11 is 0. The lowest BCUT2D eigenvalue weighted by Gasteiger charge is -2.32. The van der Waals surface area contributed by atoms with Crippen LogP contribution in [0.4, 0.5) is 5.69 Å². The normalized spacial score (nSPS) is 20.5. The largest absolute Gasteiger partial charge is 0.497 e. The minimum absolute atomic E-state index is 0.0467. The molecule has 148 valence electrons. The fourth-order valence-electron chi connectivity index (χ4n) is 3.28. The van der Waals surface area contributed by atoms with Gasteiger partial charge in [-0.1, -0.05) is 0 Å². The number of esters is 2. The van der Waals surface area contributed by atoms with Gasteiger partial charge in [0.25, 0.3) is 0 Å². The summed E-state index contributed by atoms with van der Waals surface area (Å²) < 4.78 is 15.4. The third kappa shape index (κ3) is 5.45. The van der Waals surface area contributed by atoms with Crippen LogP contribution in [0.3, 0.4) is 0 Å². The molecule has 27 heavy (non-hydrogen) atoms. The monoisotopic (exact) mass is 377 g/mol. The van der Waals surface area contributed by atoms with Crippen molar-refractivity contribution in [1.29, 1.82) is 0 Å². The summed E-state index contributed by atoms with van der Waals surface area (Å²) in [6.45, 7) is 3.96. The summed E-state index contributed by atoms with van der Waals surface area (Å²) in [6.07, 6.45) is 0.963. The highest BCUT2D eigenvalue weighted by Crippen LogP contribution is 2.32. The van der Waals surface area contributed by atoms with Gasteiger partial charge >= 0.3 is 11.9 Å². The fourth-order valence-corrected chi connectivity index (χ4v) is 3.28. The van der Waals surface area contributed by atoms with Gasteiger partial charge in [-0.25, -0.2) is 4.79 Å². The van der Waals surface area contributed by atoms with E-state index < -0.39 is 17.9 Å². The van der Waals surface area contributed by atoms with Crippen LogP contribution in [-0.4, -0.2) is 44.1 Å². The predicted molar refractivity (Wildman–Crippen MR) is 99.5 cm³/mol. The number of rotatable bonds is 8. The van der Waals surface area contributed by atoms with Gasteiger partial charge in [-0.2, -0.15) is 0 Å². The van der Waals surface area contributed by atoms with E-state index in [1.54, 1.807) is 45.2 Å². The highest BCUT2D eigenvalue weighted by atomic mass is 16.5. The Morgan fingerprint density at radius 3 is 2.41 bits per heavy atom. The quantitative estimate of drug-likeness (QED) is 0.696. The lowest BCUT2D eigenvalue weighted by molar-refractivity contribution is -0.154. The molecule has 0 spiro atoms. The van der Waals surface area contributed by atoms with Gasteiger partial charge in [-0.15, -0.1) is 0 Å². The van der Waals surface area contributed by atoms with E-state index in [1.807, 2.05) is 0 Å². The van der Waals surface area contributed by atoms with Crippen molar-refractivity contribution in [2.75, 3.05) is 25.6 Å². The molecule has 1 aromatic carbocycles. The van der Waals surface area contributed by atoms with Gasteiger partial charge in [-0.3, -0.25) is 9.59 Å². The number of ketones is 1. The summed E-state index contributed by atoms with van der Waals surface area (Å²) in [5.41, 5.74) is 0.667. The lowest BCUT2D eigenvalue weighted by atomic mass is 9.76. The summed E-state index contributed by atoms with van der Waals surface area (Å²) in [6, 6.07) is 6.19. The molecule has 1 fully saturated rings. The van der Waals surface area contributed by atoms with E-state index in [-0.39, 0.29) is 37.1 Å². The van der Waals surface area contributed by atoms with Crippen molar-refractivity contribution in [1.82, 2.24) is 0 Å². The molecule has 1 aliphatic rings. The number of nitrogens with one attached hydrogen (secondary N) is 1. The van der Waals surface area contributed by atoms with Crippen molar-refractivity contribution in [2.24, 2.45) is 11.8 Å². The molecule has 1 aromatic rings. The number of hydrogen-bond donors (Lipinski definition) is 1. The van der Waals surface area contributed by atoms with Crippen LogP contribution < -0.4 is 10.1 Å². The molecule has 0 aromatic heterocycles. The van der Waals surface area contributed by atoms with Crippen LogP contribution in [0.25, 0.3) is 0 Å². The van der Waals surface area contributed by atoms with Gasteiger partial charge in [0.05, 0.1) is 26.2 Å². The number of Topliss-reactive ketones (excluding diaryl/α,β-unsaturated/α-hetero) is 1. The lowest BCUT2D eigenvalue weighted by Crippen LogP contribution is -2.45. The Balaban J connectivity index is 2.21. The Bertz CT molecular complexity index is 657. The molecule has 1 unspecified atom stereocenters. The molecule has 7 nitrogen and oxygen atoms in total. The molecule has 0 radical (unpaired) electrons. The smallest absolute Gasteiger partial charge is 0.329 e. The summed E-state index contributed by atoms with van der Waals surface area (Å²) in [5, 5.41) is 3.10. The van der Waals surface area contributed by atoms with Crippen LogP contribution in [0.2, 0.25) is 0 Å². The maximum absolute atomic E-state index is 12.5. The molecular weight excluding hydrogens is 350 g/mol. The minimum atomic E-state index is -0.858. The molecular formula is C20H27NO6. The first-order valence-electron chi connectivity index (χ1n) is 9.26. The Hall–Kier alpha value is -2.57. The summed E-state index contributed by atoms with van der Waals surface area (Å²) in [7, 11) is 1.57. The van der Waals surface area contributed by atoms with Gasteiger partial charge in [0, 0.05) is 18.0 Å². The molecule has 1 aliphatic carbocycles. The molecule has 3 atom stereocenters. The zero-order valence-corrected chi connectivity index (χ0v) is 16.0. The first-order valence-corrected chi connectivity index (χ1v) is 9.26. The Morgan fingerprint density at radius 2 is 1.81 bits per heavy atom. The van der Waals surface area contributed by atoms with Gasteiger partial charge in [0.1, 0.15) is 17.6 Å². The molecule has 0 heterocycles. The number of ether oxygens (including phenoxy) is 3. The van der Waals surface area contributed by atoms with Crippen molar-refractivity contribution in [2.45, 2.75) is 39.2 Å². The number of anilines is 1. The summed E-state index contributed by atoms with van der Waals surface area (Å²) in [4.78, 5) is 37.2. The minimum Gasteiger partial charge on any atom is -0.497 e. The number of hydrogen-bond acceptors (Lipinski definition) is 7.